The minimum absolute atomic E-state index is 0.0575. The molecule has 0 aliphatic carbocycles. The molecule has 236 valence electrons. The lowest BCUT2D eigenvalue weighted by Crippen LogP contribution is -2.40. The van der Waals surface area contributed by atoms with Crippen LogP contribution in [0.15, 0.2) is 83.8 Å². The highest BCUT2D eigenvalue weighted by Gasteiger charge is 2.28. The van der Waals surface area contributed by atoms with Crippen molar-refractivity contribution in [2.45, 2.75) is 63.5 Å². The molecule has 1 aliphatic heterocycles. The summed E-state index contributed by atoms with van der Waals surface area (Å²) in [6.07, 6.45) is 3.73. The zero-order chi connectivity index (χ0) is 30.9. The first-order valence-electron chi connectivity index (χ1n) is 16.0. The van der Waals surface area contributed by atoms with E-state index in [1.807, 2.05) is 68.4 Å². The Morgan fingerprint density at radius 3 is 2.20 bits per heavy atom. The molecule has 0 bridgehead atoms. The van der Waals surface area contributed by atoms with Crippen LogP contribution in [0, 0.1) is 5.92 Å². The second kappa shape index (κ2) is 15.2. The number of fused-ring (bicyclic) bond motifs is 1. The predicted molar refractivity (Wildman–Crippen MR) is 178 cm³/mol. The van der Waals surface area contributed by atoms with Gasteiger partial charge in [0.2, 0.25) is 16.0 Å². The van der Waals surface area contributed by atoms with Gasteiger partial charge in [0, 0.05) is 32.7 Å². The van der Waals surface area contributed by atoms with Crippen molar-refractivity contribution in [3.63, 3.8) is 0 Å². The van der Waals surface area contributed by atoms with Crippen molar-refractivity contribution < 1.29 is 13.5 Å². The number of aryl methyl sites for hydroxylation is 3. The molecule has 2 heterocycles. The van der Waals surface area contributed by atoms with Gasteiger partial charge in [0.05, 0.1) is 22.0 Å². The number of sulfonamides is 1. The van der Waals surface area contributed by atoms with Crippen LogP contribution in [-0.2, 0) is 29.4 Å². The Morgan fingerprint density at radius 1 is 0.886 bits per heavy atom. The highest BCUT2D eigenvalue weighted by molar-refractivity contribution is 7.89. The average Bonchev–Trinajstić information content (AvgIpc) is 3.67. The van der Waals surface area contributed by atoms with E-state index in [0.29, 0.717) is 25.9 Å². The van der Waals surface area contributed by atoms with Gasteiger partial charge in [-0.25, -0.2) is 13.4 Å². The van der Waals surface area contributed by atoms with E-state index in [4.69, 9.17) is 4.98 Å². The average molecular weight is 618 g/mol. The number of hydrogen-bond acceptors (Lipinski definition) is 6. The van der Waals surface area contributed by atoms with Crippen molar-refractivity contribution in [2.75, 3.05) is 44.6 Å². The molecular formula is C35H47N5O3S. The summed E-state index contributed by atoms with van der Waals surface area (Å²) in [7, 11) is -3.86. The van der Waals surface area contributed by atoms with E-state index in [1.54, 1.807) is 12.1 Å². The third-order valence-corrected chi connectivity index (χ3v) is 10.2. The Kier molecular flexibility index (Phi) is 11.1. The molecule has 0 amide bonds. The molecule has 9 heteroatoms. The maximum atomic E-state index is 14.1. The number of aliphatic hydroxyl groups excluding tert-OH is 1. The summed E-state index contributed by atoms with van der Waals surface area (Å²) in [5, 5.41) is 14.5. The van der Waals surface area contributed by atoms with Crippen LogP contribution >= 0.6 is 0 Å². The molecule has 4 aromatic rings. The Morgan fingerprint density at radius 2 is 1.55 bits per heavy atom. The van der Waals surface area contributed by atoms with Crippen LogP contribution in [0.5, 0.6) is 0 Å². The van der Waals surface area contributed by atoms with E-state index in [-0.39, 0.29) is 17.4 Å². The molecule has 1 atom stereocenters. The largest absolute Gasteiger partial charge is 0.392 e. The zero-order valence-electron chi connectivity index (χ0n) is 26.1. The van der Waals surface area contributed by atoms with Gasteiger partial charge >= 0.3 is 0 Å². The van der Waals surface area contributed by atoms with E-state index >= 15 is 0 Å². The molecule has 1 saturated heterocycles. The molecule has 0 spiro atoms. The summed E-state index contributed by atoms with van der Waals surface area (Å²) in [5.41, 5.74) is 3.90. The summed E-state index contributed by atoms with van der Waals surface area (Å²) in [5.74, 6) is 0.873. The smallest absolute Gasteiger partial charge is 0.243 e. The highest BCUT2D eigenvalue weighted by atomic mass is 32.2. The summed E-state index contributed by atoms with van der Waals surface area (Å²) >= 11 is 0. The van der Waals surface area contributed by atoms with E-state index in [9.17, 15) is 13.5 Å². The third kappa shape index (κ3) is 8.47. The highest BCUT2D eigenvalue weighted by Crippen LogP contribution is 2.27. The number of nitrogens with zero attached hydrogens (tertiary/aromatic N) is 4. The van der Waals surface area contributed by atoms with Crippen LogP contribution < -0.4 is 5.32 Å². The van der Waals surface area contributed by atoms with E-state index in [2.05, 4.69) is 26.9 Å². The van der Waals surface area contributed by atoms with Gasteiger partial charge in [0.25, 0.3) is 0 Å². The number of aliphatic hydroxyl groups is 1. The van der Waals surface area contributed by atoms with Gasteiger partial charge in [-0.2, -0.15) is 4.31 Å². The fourth-order valence-corrected chi connectivity index (χ4v) is 7.63. The lowest BCUT2D eigenvalue weighted by Gasteiger charge is -2.26. The first-order valence-corrected chi connectivity index (χ1v) is 17.5. The van der Waals surface area contributed by atoms with Crippen molar-refractivity contribution in [1.82, 2.24) is 18.8 Å². The quantitative estimate of drug-likeness (QED) is 0.174. The van der Waals surface area contributed by atoms with Gasteiger partial charge in [0.15, 0.2) is 0 Å². The number of aromatic nitrogens is 2. The van der Waals surface area contributed by atoms with Crippen molar-refractivity contribution in [2.24, 2.45) is 5.92 Å². The molecular weight excluding hydrogens is 570 g/mol. The normalized spacial score (nSPS) is 15.0. The molecule has 0 unspecified atom stereocenters. The summed E-state index contributed by atoms with van der Waals surface area (Å²) < 4.78 is 31.8. The molecule has 3 aromatic carbocycles. The van der Waals surface area contributed by atoms with Gasteiger partial charge in [-0.15, -0.1) is 0 Å². The summed E-state index contributed by atoms with van der Waals surface area (Å²) in [6.45, 7) is 9.08. The van der Waals surface area contributed by atoms with Crippen molar-refractivity contribution in [3.8, 4) is 0 Å². The molecule has 8 nitrogen and oxygen atoms in total. The molecule has 0 saturated carbocycles. The molecule has 0 radical (unpaired) electrons. The van der Waals surface area contributed by atoms with Crippen LogP contribution in [0.4, 0.5) is 5.95 Å². The Hall–Kier alpha value is -3.24. The van der Waals surface area contributed by atoms with E-state index in [0.717, 1.165) is 55.1 Å². The van der Waals surface area contributed by atoms with Crippen LogP contribution in [-0.4, -0.2) is 77.7 Å². The van der Waals surface area contributed by atoms with Crippen LogP contribution in [0.25, 0.3) is 11.0 Å². The van der Waals surface area contributed by atoms with Gasteiger partial charge in [-0.1, -0.05) is 74.5 Å². The number of benzene rings is 3. The minimum atomic E-state index is -3.86. The number of anilines is 1. The first kappa shape index (κ1) is 32.2. The third-order valence-electron chi connectivity index (χ3n) is 8.33. The number of likely N-dealkylation sites (tertiary alicyclic amines) is 1. The molecule has 44 heavy (non-hydrogen) atoms. The van der Waals surface area contributed by atoms with Crippen molar-refractivity contribution in [1.29, 1.82) is 0 Å². The lowest BCUT2D eigenvalue weighted by atomic mass is 10.1. The second-order valence-corrected chi connectivity index (χ2v) is 14.3. The SMILES string of the molecule is CC(C)CN(C[C@H](O)CCc1ccccc1)S(=O)(=O)c1ccc2nc(NCCN3CCCC3)n(CCc3ccccc3)c2c1. The van der Waals surface area contributed by atoms with Gasteiger partial charge in [-0.05, 0) is 80.4 Å². The summed E-state index contributed by atoms with van der Waals surface area (Å²) in [6, 6.07) is 25.5. The van der Waals surface area contributed by atoms with Crippen LogP contribution in [0.2, 0.25) is 0 Å². The summed E-state index contributed by atoms with van der Waals surface area (Å²) in [4.78, 5) is 7.58. The Labute approximate surface area is 262 Å². The number of nitrogens with one attached hydrogen (secondary N) is 1. The van der Waals surface area contributed by atoms with Crippen molar-refractivity contribution in [3.05, 3.63) is 90.0 Å². The van der Waals surface area contributed by atoms with E-state index in [1.165, 1.54) is 22.7 Å². The van der Waals surface area contributed by atoms with Gasteiger partial charge in [-0.3, -0.25) is 0 Å². The van der Waals surface area contributed by atoms with E-state index < -0.39 is 16.1 Å². The molecule has 1 aromatic heterocycles. The number of imidazole rings is 1. The monoisotopic (exact) mass is 617 g/mol. The van der Waals surface area contributed by atoms with Gasteiger partial charge in [0.1, 0.15) is 0 Å². The van der Waals surface area contributed by atoms with Gasteiger partial charge < -0.3 is 19.9 Å². The molecule has 2 N–H and O–H groups in total. The Balaban J connectivity index is 1.38. The Bertz CT molecular complexity index is 1570. The topological polar surface area (TPSA) is 90.7 Å². The van der Waals surface area contributed by atoms with Crippen LogP contribution in [0.1, 0.15) is 44.2 Å². The molecule has 5 rings (SSSR count). The maximum absolute atomic E-state index is 14.1. The van der Waals surface area contributed by atoms with Crippen molar-refractivity contribution >= 4 is 27.0 Å². The second-order valence-electron chi connectivity index (χ2n) is 12.3. The maximum Gasteiger partial charge on any atom is 0.243 e. The fraction of sp³-hybridized carbons (Fsp3) is 0.457. The standard InChI is InChI=1S/C35H47N5O3S/c1-28(2)26-39(27-31(41)16-15-29-11-5-3-6-12-29)44(42,43)32-17-18-33-34(25-32)40(23-19-30-13-7-4-8-14-30)35(37-33)36-20-24-38-21-9-10-22-38/h3-8,11-14,17-18,25,28,31,41H,9-10,15-16,19-24,26-27H2,1-2H3,(H,36,37)/t31-/m1/s1. The molecule has 1 aliphatic rings. The zero-order valence-corrected chi connectivity index (χ0v) is 26.9. The fourth-order valence-electron chi connectivity index (χ4n) is 5.97. The first-order chi connectivity index (χ1) is 21.3. The lowest BCUT2D eigenvalue weighted by molar-refractivity contribution is 0.133. The molecule has 1 fully saturated rings. The number of hydrogen-bond donors (Lipinski definition) is 2. The predicted octanol–water partition coefficient (Wildman–Crippen LogP) is 5.43. The van der Waals surface area contributed by atoms with Crippen LogP contribution in [0.3, 0.4) is 0 Å². The number of rotatable bonds is 16. The minimum Gasteiger partial charge on any atom is -0.392 e.